The van der Waals surface area contributed by atoms with Crippen LogP contribution in [0.2, 0.25) is 0 Å². The van der Waals surface area contributed by atoms with E-state index < -0.39 is 0 Å². The fraction of sp³-hybridized carbons (Fsp3) is 0. The molecule has 0 saturated heterocycles. The van der Waals surface area contributed by atoms with Gasteiger partial charge in [0.25, 0.3) is 0 Å². The first-order chi connectivity index (χ1) is 45.0. The Kier molecular flexibility index (Phi) is 12.5. The summed E-state index contributed by atoms with van der Waals surface area (Å²) in [6, 6.07) is 117. The molecule has 0 radical (unpaired) electrons. The SMILES string of the molecule is N#Cc1cccc(-c2cc(-n3c4ccc(-c5ccccc5)cc4c4cc(-c5ccccc5)ccc43)nc(-n3c4ccc(-c5ccccc5)cc4c4cc(-c5ccccc5)ccc43)c2-n2c3ccc(-c4ccccc4)cc3c3cc(-c4ccccc4)ccc32)c1C#N. The van der Waals surface area contributed by atoms with Gasteiger partial charge in [-0.15, -0.1) is 0 Å². The lowest BCUT2D eigenvalue weighted by Gasteiger charge is -2.23. The number of benzene rings is 13. The van der Waals surface area contributed by atoms with Crippen LogP contribution in [0.3, 0.4) is 0 Å². The highest BCUT2D eigenvalue weighted by Crippen LogP contribution is 2.47. The van der Waals surface area contributed by atoms with Crippen LogP contribution in [0.25, 0.3) is 161 Å². The van der Waals surface area contributed by atoms with E-state index in [1.807, 2.05) is 12.1 Å². The van der Waals surface area contributed by atoms with E-state index in [2.05, 4.69) is 323 Å². The van der Waals surface area contributed by atoms with E-state index in [1.165, 1.54) is 0 Å². The lowest BCUT2D eigenvalue weighted by molar-refractivity contribution is 0.985. The van der Waals surface area contributed by atoms with Crippen LogP contribution in [-0.2, 0) is 0 Å². The van der Waals surface area contributed by atoms with Gasteiger partial charge < -0.3 is 4.57 Å². The fourth-order valence-electron chi connectivity index (χ4n) is 13.8. The van der Waals surface area contributed by atoms with E-state index in [1.54, 1.807) is 6.07 Å². The summed E-state index contributed by atoms with van der Waals surface area (Å²) in [6.45, 7) is 0. The highest BCUT2D eigenvalue weighted by molar-refractivity contribution is 6.16. The molecule has 0 aliphatic heterocycles. The van der Waals surface area contributed by atoms with Crippen LogP contribution in [0.15, 0.2) is 315 Å². The molecule has 4 aromatic heterocycles. The highest BCUT2D eigenvalue weighted by Gasteiger charge is 2.29. The second-order valence-electron chi connectivity index (χ2n) is 23.2. The first-order valence-corrected chi connectivity index (χ1v) is 30.6. The summed E-state index contributed by atoms with van der Waals surface area (Å²) in [6.07, 6.45) is 0. The topological polar surface area (TPSA) is 75.3 Å². The average Bonchev–Trinajstić information content (AvgIpc) is 1.59. The zero-order valence-corrected chi connectivity index (χ0v) is 49.2. The largest absolute Gasteiger partial charge is 0.305 e. The zero-order valence-electron chi connectivity index (χ0n) is 49.2. The van der Waals surface area contributed by atoms with Crippen molar-refractivity contribution >= 4 is 65.4 Å². The first kappa shape index (κ1) is 52.7. The number of fused-ring (bicyclic) bond motifs is 9. The molecule has 422 valence electrons. The quantitative estimate of drug-likeness (QED) is 0.137. The normalized spacial score (nSPS) is 11.5. The maximum Gasteiger partial charge on any atom is 0.165 e. The Morgan fingerprint density at radius 1 is 0.242 bits per heavy atom. The minimum atomic E-state index is 0.275. The Labute approximate surface area is 525 Å². The van der Waals surface area contributed by atoms with Crippen molar-refractivity contribution in [2.75, 3.05) is 0 Å². The molecule has 17 rings (SSSR count). The summed E-state index contributed by atoms with van der Waals surface area (Å²) in [4.78, 5) is 6.22. The molecule has 13 aromatic carbocycles. The number of aromatic nitrogens is 4. The van der Waals surface area contributed by atoms with Crippen LogP contribution in [0, 0.1) is 22.7 Å². The molecular weight excluding hydrogens is 1100 g/mol. The van der Waals surface area contributed by atoms with Gasteiger partial charge in [-0.1, -0.05) is 231 Å². The van der Waals surface area contributed by atoms with Crippen molar-refractivity contribution in [3.05, 3.63) is 327 Å². The summed E-state index contributed by atoms with van der Waals surface area (Å²) in [5.74, 6) is 1.27. The van der Waals surface area contributed by atoms with Gasteiger partial charge in [0.1, 0.15) is 18.0 Å². The summed E-state index contributed by atoms with van der Waals surface area (Å²) in [5, 5.41) is 28.9. The molecule has 4 heterocycles. The van der Waals surface area contributed by atoms with Crippen LogP contribution in [0.1, 0.15) is 11.1 Å². The second-order valence-corrected chi connectivity index (χ2v) is 23.2. The standard InChI is InChI=1S/C85H52N6/c86-53-67-32-19-33-68(76(67)54-87)75-52-83(89-77-40-34-61(55-20-7-1-8-21-55)46-69(77)70-47-62(35-41-78(70)89)56-22-9-2-10-23-56)88-85(91-81-44-38-65(59-28-15-5-16-29-59)50-73(81)74-51-66(39-45-82(74)91)60-30-17-6-18-31-60)84(75)90-79-42-36-63(57-24-11-3-12-25-57)48-71(79)72-49-64(37-43-80(72)90)58-26-13-4-14-27-58/h1-52H. The summed E-state index contributed by atoms with van der Waals surface area (Å²) in [5.41, 5.74) is 21.6. The van der Waals surface area contributed by atoms with Gasteiger partial charge in [0, 0.05) is 43.4 Å². The van der Waals surface area contributed by atoms with Crippen LogP contribution in [0.4, 0.5) is 0 Å². The molecule has 0 amide bonds. The Morgan fingerprint density at radius 3 is 0.835 bits per heavy atom. The molecule has 91 heavy (non-hydrogen) atoms. The summed E-state index contributed by atoms with van der Waals surface area (Å²) in [7, 11) is 0. The smallest absolute Gasteiger partial charge is 0.165 e. The van der Waals surface area contributed by atoms with Gasteiger partial charge in [0.15, 0.2) is 5.82 Å². The molecule has 0 aliphatic carbocycles. The third kappa shape index (κ3) is 8.81. The molecule has 6 heteroatoms. The monoisotopic (exact) mass is 1160 g/mol. The number of hydrogen-bond acceptors (Lipinski definition) is 3. The molecule has 0 saturated carbocycles. The van der Waals surface area contributed by atoms with Crippen LogP contribution in [-0.4, -0.2) is 18.7 Å². The zero-order chi connectivity index (χ0) is 60.5. The minimum Gasteiger partial charge on any atom is -0.305 e. The Morgan fingerprint density at radius 2 is 0.538 bits per heavy atom. The van der Waals surface area contributed by atoms with Crippen molar-refractivity contribution in [3.63, 3.8) is 0 Å². The first-order valence-electron chi connectivity index (χ1n) is 30.6. The van der Waals surface area contributed by atoms with E-state index in [0.717, 1.165) is 143 Å². The Bertz CT molecular complexity index is 5520. The third-order valence-corrected chi connectivity index (χ3v) is 18.2. The Hall–Kier alpha value is -12.6. The van der Waals surface area contributed by atoms with Crippen LogP contribution in [0.5, 0.6) is 0 Å². The molecule has 0 bridgehead atoms. The molecule has 0 atom stereocenters. The predicted molar refractivity (Wildman–Crippen MR) is 375 cm³/mol. The van der Waals surface area contributed by atoms with Crippen LogP contribution >= 0.6 is 0 Å². The molecule has 6 nitrogen and oxygen atoms in total. The van der Waals surface area contributed by atoms with Gasteiger partial charge in [-0.2, -0.15) is 10.5 Å². The number of hydrogen-bond donors (Lipinski definition) is 0. The summed E-state index contributed by atoms with van der Waals surface area (Å²) < 4.78 is 7.01. The van der Waals surface area contributed by atoms with Gasteiger partial charge in [0.2, 0.25) is 0 Å². The fourth-order valence-corrected chi connectivity index (χ4v) is 13.8. The number of nitrogens with zero attached hydrogens (tertiary/aromatic N) is 6. The number of pyridine rings is 1. The van der Waals surface area contributed by atoms with Crippen molar-refractivity contribution < 1.29 is 0 Å². The van der Waals surface area contributed by atoms with Gasteiger partial charge in [-0.25, -0.2) is 4.98 Å². The van der Waals surface area contributed by atoms with Crippen molar-refractivity contribution in [1.82, 2.24) is 18.7 Å². The summed E-state index contributed by atoms with van der Waals surface area (Å²) >= 11 is 0. The van der Waals surface area contributed by atoms with E-state index >= 15 is 0 Å². The molecule has 0 aliphatic rings. The molecule has 0 spiro atoms. The van der Waals surface area contributed by atoms with Crippen molar-refractivity contribution in [2.45, 2.75) is 0 Å². The van der Waals surface area contributed by atoms with Crippen LogP contribution < -0.4 is 0 Å². The Balaban J connectivity index is 1.06. The molecular formula is C85H52N6. The van der Waals surface area contributed by atoms with Gasteiger partial charge in [-0.3, -0.25) is 9.13 Å². The lowest BCUT2D eigenvalue weighted by atomic mass is 9.95. The molecule has 0 fully saturated rings. The average molecular weight is 1160 g/mol. The van der Waals surface area contributed by atoms with E-state index in [4.69, 9.17) is 4.98 Å². The third-order valence-electron chi connectivity index (χ3n) is 18.2. The van der Waals surface area contributed by atoms with Crippen molar-refractivity contribution in [1.29, 1.82) is 10.5 Å². The van der Waals surface area contributed by atoms with Gasteiger partial charge in [-0.05, 0) is 152 Å². The molecule has 0 unspecified atom stereocenters. The number of rotatable bonds is 10. The minimum absolute atomic E-state index is 0.275. The van der Waals surface area contributed by atoms with Gasteiger partial charge >= 0.3 is 0 Å². The van der Waals surface area contributed by atoms with E-state index in [9.17, 15) is 10.5 Å². The second kappa shape index (κ2) is 21.7. The van der Waals surface area contributed by atoms with E-state index in [-0.39, 0.29) is 11.1 Å². The number of nitriles is 2. The molecule has 0 N–H and O–H groups in total. The maximum absolute atomic E-state index is 11.6. The van der Waals surface area contributed by atoms with Crippen molar-refractivity contribution in [2.24, 2.45) is 0 Å². The van der Waals surface area contributed by atoms with Gasteiger partial charge in [0.05, 0.1) is 49.9 Å². The highest BCUT2D eigenvalue weighted by atomic mass is 15.2. The van der Waals surface area contributed by atoms with Crippen molar-refractivity contribution in [3.8, 4) is 107 Å². The lowest BCUT2D eigenvalue weighted by Crippen LogP contribution is -2.12. The van der Waals surface area contributed by atoms with E-state index in [0.29, 0.717) is 17.2 Å². The maximum atomic E-state index is 11.6. The predicted octanol–water partition coefficient (Wildman–Crippen LogP) is 21.8. The molecule has 17 aromatic rings.